The molecule has 0 aliphatic rings. The first-order valence-electron chi connectivity index (χ1n) is 5.50. The zero-order valence-corrected chi connectivity index (χ0v) is 10.4. The highest BCUT2D eigenvalue weighted by molar-refractivity contribution is 6.31. The molecule has 1 N–H and O–H groups in total. The molecule has 1 atom stereocenters. The van der Waals surface area contributed by atoms with Crippen LogP contribution in [0, 0.1) is 0 Å². The largest absolute Gasteiger partial charge is 0.305 e. The zero-order valence-electron chi connectivity index (χ0n) is 9.60. The van der Waals surface area contributed by atoms with Gasteiger partial charge in [-0.3, -0.25) is 0 Å². The molecule has 0 aliphatic carbocycles. The molecule has 17 heavy (non-hydrogen) atoms. The number of hydrogen-bond donors (Lipinski definition) is 1. The molecule has 0 saturated heterocycles. The van der Waals surface area contributed by atoms with E-state index in [0.29, 0.717) is 6.54 Å². The lowest BCUT2D eigenvalue weighted by atomic mass is 10.1. The summed E-state index contributed by atoms with van der Waals surface area (Å²) in [6.45, 7) is 2.79. The Kier molecular flexibility index (Phi) is 4.07. The molecule has 1 heterocycles. The van der Waals surface area contributed by atoms with Crippen molar-refractivity contribution in [2.45, 2.75) is 19.5 Å². The van der Waals surface area contributed by atoms with Gasteiger partial charge in [0.2, 0.25) is 0 Å². The van der Waals surface area contributed by atoms with Crippen molar-refractivity contribution in [3.05, 3.63) is 59.1 Å². The highest BCUT2D eigenvalue weighted by Gasteiger charge is 2.08. The Morgan fingerprint density at radius 3 is 2.82 bits per heavy atom. The fourth-order valence-electron chi connectivity index (χ4n) is 1.62. The predicted molar refractivity (Wildman–Crippen MR) is 68.7 cm³/mol. The molecular weight excluding hydrogens is 234 g/mol. The third-order valence-electron chi connectivity index (χ3n) is 2.60. The minimum atomic E-state index is 0.193. The van der Waals surface area contributed by atoms with Crippen LogP contribution in [-0.4, -0.2) is 9.97 Å². The van der Waals surface area contributed by atoms with Crippen LogP contribution in [0.4, 0.5) is 0 Å². The van der Waals surface area contributed by atoms with Crippen LogP contribution in [0.3, 0.4) is 0 Å². The van der Waals surface area contributed by atoms with Crippen molar-refractivity contribution in [1.82, 2.24) is 15.3 Å². The molecular formula is C13H14ClN3. The van der Waals surface area contributed by atoms with Crippen LogP contribution in [0.1, 0.15) is 24.2 Å². The van der Waals surface area contributed by atoms with E-state index in [-0.39, 0.29) is 6.04 Å². The zero-order chi connectivity index (χ0) is 12.1. The van der Waals surface area contributed by atoms with Gasteiger partial charge >= 0.3 is 0 Å². The Morgan fingerprint density at radius 2 is 2.12 bits per heavy atom. The number of rotatable bonds is 4. The molecule has 0 unspecified atom stereocenters. The molecule has 0 saturated carbocycles. The van der Waals surface area contributed by atoms with Gasteiger partial charge in [0.1, 0.15) is 6.33 Å². The second-order valence-corrected chi connectivity index (χ2v) is 4.23. The maximum absolute atomic E-state index is 6.14. The van der Waals surface area contributed by atoms with Gasteiger partial charge in [0.05, 0.1) is 5.69 Å². The highest BCUT2D eigenvalue weighted by Crippen LogP contribution is 2.22. The lowest BCUT2D eigenvalue weighted by Crippen LogP contribution is -2.19. The molecule has 0 aliphatic heterocycles. The summed E-state index contributed by atoms with van der Waals surface area (Å²) >= 11 is 6.14. The summed E-state index contributed by atoms with van der Waals surface area (Å²) in [5.41, 5.74) is 2.07. The second kappa shape index (κ2) is 5.75. The Labute approximate surface area is 106 Å². The van der Waals surface area contributed by atoms with Gasteiger partial charge in [-0.2, -0.15) is 0 Å². The van der Waals surface area contributed by atoms with Crippen LogP contribution >= 0.6 is 11.6 Å². The SMILES string of the molecule is C[C@H](NCc1ccncn1)c1ccccc1Cl. The van der Waals surface area contributed by atoms with E-state index in [0.717, 1.165) is 16.3 Å². The van der Waals surface area contributed by atoms with Crippen molar-refractivity contribution in [3.63, 3.8) is 0 Å². The standard InChI is InChI=1S/C13H14ClN3/c1-10(12-4-2-3-5-13(12)14)16-8-11-6-7-15-9-17-11/h2-7,9-10,16H,8H2,1H3/t10-/m0/s1. The van der Waals surface area contributed by atoms with Gasteiger partial charge in [-0.15, -0.1) is 0 Å². The van der Waals surface area contributed by atoms with Crippen molar-refractivity contribution >= 4 is 11.6 Å². The number of halogens is 1. The quantitative estimate of drug-likeness (QED) is 0.903. The summed E-state index contributed by atoms with van der Waals surface area (Å²) in [7, 11) is 0. The van der Waals surface area contributed by atoms with E-state index in [4.69, 9.17) is 11.6 Å². The van der Waals surface area contributed by atoms with Gasteiger partial charge in [-0.25, -0.2) is 9.97 Å². The number of hydrogen-bond acceptors (Lipinski definition) is 3. The molecule has 2 rings (SSSR count). The molecule has 3 nitrogen and oxygen atoms in total. The molecule has 0 spiro atoms. The first-order chi connectivity index (χ1) is 8.27. The van der Waals surface area contributed by atoms with E-state index in [9.17, 15) is 0 Å². The Balaban J connectivity index is 1.99. The average Bonchev–Trinajstić information content (AvgIpc) is 2.38. The summed E-state index contributed by atoms with van der Waals surface area (Å²) in [4.78, 5) is 8.04. The maximum atomic E-state index is 6.14. The van der Waals surface area contributed by atoms with Crippen LogP contribution in [0.2, 0.25) is 5.02 Å². The first-order valence-corrected chi connectivity index (χ1v) is 5.88. The molecule has 88 valence electrons. The van der Waals surface area contributed by atoms with E-state index in [1.54, 1.807) is 12.5 Å². The smallest absolute Gasteiger partial charge is 0.115 e. The molecule has 0 fully saturated rings. The van der Waals surface area contributed by atoms with E-state index in [1.807, 2.05) is 30.3 Å². The maximum Gasteiger partial charge on any atom is 0.115 e. The fraction of sp³-hybridized carbons (Fsp3) is 0.231. The van der Waals surface area contributed by atoms with Crippen molar-refractivity contribution in [3.8, 4) is 0 Å². The summed E-state index contributed by atoms with van der Waals surface area (Å²) in [6.07, 6.45) is 3.29. The number of nitrogens with zero attached hydrogens (tertiary/aromatic N) is 2. The topological polar surface area (TPSA) is 37.8 Å². The number of nitrogens with one attached hydrogen (secondary N) is 1. The molecule has 4 heteroatoms. The van der Waals surface area contributed by atoms with E-state index in [1.165, 1.54) is 0 Å². The van der Waals surface area contributed by atoms with Gasteiger partial charge in [-0.05, 0) is 24.6 Å². The predicted octanol–water partition coefficient (Wildman–Crippen LogP) is 2.98. The molecule has 1 aromatic heterocycles. The minimum Gasteiger partial charge on any atom is -0.305 e. The van der Waals surface area contributed by atoms with Crippen LogP contribution in [-0.2, 0) is 6.54 Å². The van der Waals surface area contributed by atoms with Crippen molar-refractivity contribution in [2.24, 2.45) is 0 Å². The van der Waals surface area contributed by atoms with E-state index < -0.39 is 0 Å². The van der Waals surface area contributed by atoms with Crippen molar-refractivity contribution < 1.29 is 0 Å². The van der Waals surface area contributed by atoms with Crippen LogP contribution in [0.5, 0.6) is 0 Å². The average molecular weight is 248 g/mol. The van der Waals surface area contributed by atoms with E-state index in [2.05, 4.69) is 22.2 Å². The summed E-state index contributed by atoms with van der Waals surface area (Å²) in [5.74, 6) is 0. The number of aromatic nitrogens is 2. The molecule has 0 amide bonds. The Hall–Kier alpha value is -1.45. The molecule has 0 bridgehead atoms. The Bertz CT molecular complexity index is 473. The summed E-state index contributed by atoms with van der Waals surface area (Å²) in [6, 6.07) is 9.94. The van der Waals surface area contributed by atoms with E-state index >= 15 is 0 Å². The summed E-state index contributed by atoms with van der Waals surface area (Å²) in [5, 5.41) is 4.17. The summed E-state index contributed by atoms with van der Waals surface area (Å²) < 4.78 is 0. The monoisotopic (exact) mass is 247 g/mol. The van der Waals surface area contributed by atoms with Crippen LogP contribution in [0.25, 0.3) is 0 Å². The molecule has 2 aromatic rings. The molecule has 1 aromatic carbocycles. The fourth-order valence-corrected chi connectivity index (χ4v) is 1.92. The lowest BCUT2D eigenvalue weighted by molar-refractivity contribution is 0.567. The second-order valence-electron chi connectivity index (χ2n) is 3.82. The van der Waals surface area contributed by atoms with Gasteiger partial charge in [0.15, 0.2) is 0 Å². The van der Waals surface area contributed by atoms with Gasteiger partial charge in [0.25, 0.3) is 0 Å². The third-order valence-corrected chi connectivity index (χ3v) is 2.95. The van der Waals surface area contributed by atoms with Gasteiger partial charge in [0, 0.05) is 23.8 Å². The van der Waals surface area contributed by atoms with Gasteiger partial charge < -0.3 is 5.32 Å². The number of benzene rings is 1. The highest BCUT2D eigenvalue weighted by atomic mass is 35.5. The third kappa shape index (κ3) is 3.25. The first kappa shape index (κ1) is 12.0. The molecule has 0 radical (unpaired) electrons. The van der Waals surface area contributed by atoms with Crippen molar-refractivity contribution in [1.29, 1.82) is 0 Å². The minimum absolute atomic E-state index is 0.193. The van der Waals surface area contributed by atoms with Gasteiger partial charge in [-0.1, -0.05) is 29.8 Å². The van der Waals surface area contributed by atoms with Crippen LogP contribution in [0.15, 0.2) is 42.9 Å². The van der Waals surface area contributed by atoms with Crippen LogP contribution < -0.4 is 5.32 Å². The lowest BCUT2D eigenvalue weighted by Gasteiger charge is -2.15. The Morgan fingerprint density at radius 1 is 1.29 bits per heavy atom. The van der Waals surface area contributed by atoms with Crippen molar-refractivity contribution in [2.75, 3.05) is 0 Å². The normalized spacial score (nSPS) is 12.4.